The van der Waals surface area contributed by atoms with Gasteiger partial charge in [0.05, 0.1) is 22.9 Å². The molecular formula is C19H22ClFN6O. The van der Waals surface area contributed by atoms with E-state index in [0.29, 0.717) is 42.2 Å². The number of H-pyrrole nitrogens is 1. The Kier molecular flexibility index (Phi) is 5.18. The second-order valence-corrected chi connectivity index (χ2v) is 7.75. The first-order valence-electron chi connectivity index (χ1n) is 9.27. The highest BCUT2D eigenvalue weighted by Gasteiger charge is 2.29. The Labute approximate surface area is 166 Å². The standard InChI is InChI=1S/C19H22ClFN6O/c1-10(2)17(28)14-9-27(7-6-22-14)19-12(20)8-13(21)16(24-19)15-11-4-3-5-23-18(11)26-25-15/h3-5,8,10,14,17,22,28H,6-7,9H2,1-2H3,(H,23,25,26). The first kappa shape index (κ1) is 19.0. The minimum absolute atomic E-state index is 0.114. The van der Waals surface area contributed by atoms with Gasteiger partial charge in [-0.15, -0.1) is 0 Å². The number of piperazine rings is 1. The summed E-state index contributed by atoms with van der Waals surface area (Å²) in [4.78, 5) is 10.7. The fourth-order valence-electron chi connectivity index (χ4n) is 3.55. The van der Waals surface area contributed by atoms with E-state index in [1.807, 2.05) is 24.8 Å². The number of fused-ring (bicyclic) bond motifs is 1. The maximum atomic E-state index is 14.7. The predicted molar refractivity (Wildman–Crippen MR) is 107 cm³/mol. The molecule has 4 heterocycles. The number of hydrogen-bond acceptors (Lipinski definition) is 6. The van der Waals surface area contributed by atoms with Gasteiger partial charge in [-0.3, -0.25) is 5.10 Å². The summed E-state index contributed by atoms with van der Waals surface area (Å²) >= 11 is 6.34. The summed E-state index contributed by atoms with van der Waals surface area (Å²) in [6.07, 6.45) is 1.13. The third kappa shape index (κ3) is 3.43. The summed E-state index contributed by atoms with van der Waals surface area (Å²) in [6.45, 7) is 5.82. The van der Waals surface area contributed by atoms with Gasteiger partial charge in [0.1, 0.15) is 11.5 Å². The number of aliphatic hydroxyl groups is 1. The van der Waals surface area contributed by atoms with Gasteiger partial charge >= 0.3 is 0 Å². The maximum Gasteiger partial charge on any atom is 0.181 e. The number of nitrogens with zero attached hydrogens (tertiary/aromatic N) is 4. The molecule has 28 heavy (non-hydrogen) atoms. The predicted octanol–water partition coefficient (Wildman–Crippen LogP) is 2.61. The summed E-state index contributed by atoms with van der Waals surface area (Å²) in [6, 6.07) is 4.75. The van der Waals surface area contributed by atoms with E-state index >= 15 is 0 Å². The zero-order chi connectivity index (χ0) is 19.8. The third-order valence-corrected chi connectivity index (χ3v) is 5.36. The van der Waals surface area contributed by atoms with Crippen molar-refractivity contribution in [3.05, 3.63) is 35.2 Å². The van der Waals surface area contributed by atoms with E-state index in [9.17, 15) is 9.50 Å². The number of hydrogen-bond donors (Lipinski definition) is 3. The van der Waals surface area contributed by atoms with E-state index in [0.717, 1.165) is 0 Å². The van der Waals surface area contributed by atoms with Crippen LogP contribution in [-0.2, 0) is 0 Å². The van der Waals surface area contributed by atoms with Crippen molar-refractivity contribution in [1.82, 2.24) is 25.5 Å². The zero-order valence-electron chi connectivity index (χ0n) is 15.7. The molecule has 0 aromatic carbocycles. The molecule has 1 aliphatic rings. The fraction of sp³-hybridized carbons (Fsp3) is 0.421. The minimum Gasteiger partial charge on any atom is -0.391 e. The smallest absolute Gasteiger partial charge is 0.181 e. The van der Waals surface area contributed by atoms with E-state index in [1.165, 1.54) is 6.07 Å². The van der Waals surface area contributed by atoms with Gasteiger partial charge in [0.2, 0.25) is 0 Å². The van der Waals surface area contributed by atoms with Crippen LogP contribution < -0.4 is 10.2 Å². The molecule has 0 bridgehead atoms. The van der Waals surface area contributed by atoms with Crippen LogP contribution in [-0.4, -0.2) is 57.1 Å². The molecule has 3 N–H and O–H groups in total. The average molecular weight is 405 g/mol. The highest BCUT2D eigenvalue weighted by Crippen LogP contribution is 2.33. The lowest BCUT2D eigenvalue weighted by Crippen LogP contribution is -2.57. The van der Waals surface area contributed by atoms with Gasteiger partial charge in [0.15, 0.2) is 11.5 Å². The van der Waals surface area contributed by atoms with Gasteiger partial charge in [-0.2, -0.15) is 5.10 Å². The maximum absolute atomic E-state index is 14.7. The van der Waals surface area contributed by atoms with Crippen molar-refractivity contribution in [3.8, 4) is 11.4 Å². The number of aromatic nitrogens is 4. The van der Waals surface area contributed by atoms with E-state index in [-0.39, 0.29) is 22.7 Å². The van der Waals surface area contributed by atoms with Gasteiger partial charge in [-0.05, 0) is 24.1 Å². The Morgan fingerprint density at radius 2 is 2.21 bits per heavy atom. The molecule has 0 spiro atoms. The van der Waals surface area contributed by atoms with Gasteiger partial charge in [-0.1, -0.05) is 25.4 Å². The molecule has 0 amide bonds. The normalized spacial score (nSPS) is 18.8. The number of pyridine rings is 2. The number of anilines is 1. The van der Waals surface area contributed by atoms with Crippen molar-refractivity contribution < 1.29 is 9.50 Å². The number of rotatable bonds is 4. The van der Waals surface area contributed by atoms with Crippen molar-refractivity contribution in [2.75, 3.05) is 24.5 Å². The van der Waals surface area contributed by atoms with Crippen LogP contribution in [0.15, 0.2) is 24.4 Å². The molecule has 3 aromatic heterocycles. The molecule has 1 saturated heterocycles. The van der Waals surface area contributed by atoms with Crippen LogP contribution in [0.1, 0.15) is 13.8 Å². The van der Waals surface area contributed by atoms with Gasteiger partial charge in [-0.25, -0.2) is 14.4 Å². The second kappa shape index (κ2) is 7.62. The quantitative estimate of drug-likeness (QED) is 0.619. The van der Waals surface area contributed by atoms with Crippen molar-refractivity contribution in [2.45, 2.75) is 26.0 Å². The van der Waals surface area contributed by atoms with Gasteiger partial charge < -0.3 is 15.3 Å². The molecule has 148 valence electrons. The van der Waals surface area contributed by atoms with Crippen molar-refractivity contribution in [3.63, 3.8) is 0 Å². The molecular weight excluding hydrogens is 383 g/mol. The fourth-order valence-corrected chi connectivity index (χ4v) is 3.81. The minimum atomic E-state index is -0.531. The van der Waals surface area contributed by atoms with Gasteiger partial charge in [0.25, 0.3) is 0 Å². The van der Waals surface area contributed by atoms with Crippen molar-refractivity contribution in [1.29, 1.82) is 0 Å². The first-order valence-corrected chi connectivity index (χ1v) is 9.65. The highest BCUT2D eigenvalue weighted by molar-refractivity contribution is 6.33. The molecule has 1 fully saturated rings. The highest BCUT2D eigenvalue weighted by atomic mass is 35.5. The second-order valence-electron chi connectivity index (χ2n) is 7.34. The number of nitrogens with one attached hydrogen (secondary N) is 2. The van der Waals surface area contributed by atoms with E-state index in [2.05, 4.69) is 25.5 Å². The first-order chi connectivity index (χ1) is 13.5. The van der Waals surface area contributed by atoms with Crippen LogP contribution in [0, 0.1) is 11.7 Å². The molecule has 1 aliphatic heterocycles. The van der Waals surface area contributed by atoms with E-state index < -0.39 is 11.9 Å². The zero-order valence-corrected chi connectivity index (χ0v) is 16.4. The van der Waals surface area contributed by atoms with Crippen molar-refractivity contribution in [2.24, 2.45) is 5.92 Å². The molecule has 4 rings (SSSR count). The Balaban J connectivity index is 1.72. The van der Waals surface area contributed by atoms with E-state index in [4.69, 9.17) is 11.6 Å². The molecule has 0 aliphatic carbocycles. The number of aromatic amines is 1. The van der Waals surface area contributed by atoms with Crippen LogP contribution in [0.25, 0.3) is 22.4 Å². The molecule has 9 heteroatoms. The topological polar surface area (TPSA) is 90.0 Å². The third-order valence-electron chi connectivity index (χ3n) is 5.08. The Morgan fingerprint density at radius 1 is 1.39 bits per heavy atom. The lowest BCUT2D eigenvalue weighted by Gasteiger charge is -2.38. The van der Waals surface area contributed by atoms with Gasteiger partial charge in [0, 0.05) is 31.2 Å². The summed E-state index contributed by atoms with van der Waals surface area (Å²) in [5.74, 6) is 0.0812. The summed E-state index contributed by atoms with van der Waals surface area (Å²) in [7, 11) is 0. The Hall–Kier alpha value is -2.29. The Bertz CT molecular complexity index is 994. The van der Waals surface area contributed by atoms with Crippen LogP contribution in [0.4, 0.5) is 10.2 Å². The number of aliphatic hydroxyl groups excluding tert-OH is 1. The van der Waals surface area contributed by atoms with Crippen LogP contribution in [0.2, 0.25) is 5.02 Å². The molecule has 7 nitrogen and oxygen atoms in total. The van der Waals surface area contributed by atoms with Crippen molar-refractivity contribution >= 4 is 28.5 Å². The molecule has 2 atom stereocenters. The lowest BCUT2D eigenvalue weighted by atomic mass is 9.98. The van der Waals surface area contributed by atoms with Crippen LogP contribution >= 0.6 is 11.6 Å². The molecule has 3 aromatic rings. The molecule has 0 radical (unpaired) electrons. The van der Waals surface area contributed by atoms with Crippen LogP contribution in [0.3, 0.4) is 0 Å². The van der Waals surface area contributed by atoms with Crippen LogP contribution in [0.5, 0.6) is 0 Å². The lowest BCUT2D eigenvalue weighted by molar-refractivity contribution is 0.0811. The largest absolute Gasteiger partial charge is 0.391 e. The SMILES string of the molecule is CC(C)C(O)C1CN(c2nc(-c3[nH]nc4ncccc34)c(F)cc2Cl)CCN1. The molecule has 2 unspecified atom stereocenters. The average Bonchev–Trinajstić information content (AvgIpc) is 3.11. The summed E-state index contributed by atoms with van der Waals surface area (Å²) in [5.41, 5.74) is 1.11. The summed E-state index contributed by atoms with van der Waals surface area (Å²) in [5, 5.41) is 21.7. The Morgan fingerprint density at radius 3 is 3.00 bits per heavy atom. The molecule has 0 saturated carbocycles. The monoisotopic (exact) mass is 404 g/mol. The summed E-state index contributed by atoms with van der Waals surface area (Å²) < 4.78 is 14.7. The number of halogens is 2. The van der Waals surface area contributed by atoms with E-state index in [1.54, 1.807) is 12.3 Å².